The summed E-state index contributed by atoms with van der Waals surface area (Å²) >= 11 is 0. The Morgan fingerprint density at radius 3 is 2.40 bits per heavy atom. The lowest BCUT2D eigenvalue weighted by atomic mass is 10.2. The molecule has 0 aromatic rings. The second kappa shape index (κ2) is 4.86. The number of hydrogen-bond donors (Lipinski definition) is 0. The highest BCUT2D eigenvalue weighted by Gasteiger charge is 1.83. The summed E-state index contributed by atoms with van der Waals surface area (Å²) in [6.45, 7) is 9.48. The summed E-state index contributed by atoms with van der Waals surface area (Å²) in [7, 11) is 1.60. The zero-order chi connectivity index (χ0) is 7.98. The van der Waals surface area contributed by atoms with Crippen LogP contribution >= 0.6 is 0 Å². The highest BCUT2D eigenvalue weighted by atomic mass is 16.5. The average Bonchev–Trinajstić information content (AvgIpc) is 1.99. The maximum Gasteiger partial charge on any atom is 0.111 e. The number of hydrogen-bond acceptors (Lipinski definition) is 1. The van der Waals surface area contributed by atoms with Crippen LogP contribution in [0.3, 0.4) is 0 Å². The normalized spacial score (nSPS) is 9.80. The molecule has 0 spiro atoms. The van der Waals surface area contributed by atoms with Gasteiger partial charge in [-0.05, 0) is 12.5 Å². The van der Waals surface area contributed by atoms with E-state index in [1.54, 1.807) is 7.11 Å². The van der Waals surface area contributed by atoms with E-state index in [2.05, 4.69) is 20.1 Å². The van der Waals surface area contributed by atoms with Crippen molar-refractivity contribution >= 4 is 0 Å². The Morgan fingerprint density at radius 2 is 2.00 bits per heavy atom. The first-order valence-electron chi connectivity index (χ1n) is 3.29. The maximum atomic E-state index is 4.82. The highest BCUT2D eigenvalue weighted by Crippen LogP contribution is 2.01. The van der Waals surface area contributed by atoms with Crippen LogP contribution in [-0.4, -0.2) is 7.11 Å². The SMILES string of the molecule is C=C(/C=C/C(=C)OC)CC. The molecule has 10 heavy (non-hydrogen) atoms. The summed E-state index contributed by atoms with van der Waals surface area (Å²) in [5.74, 6) is 0.662. The van der Waals surface area contributed by atoms with Gasteiger partial charge in [-0.15, -0.1) is 0 Å². The molecule has 0 bridgehead atoms. The molecule has 0 amide bonds. The lowest BCUT2D eigenvalue weighted by molar-refractivity contribution is 0.309. The molecule has 0 aromatic carbocycles. The lowest BCUT2D eigenvalue weighted by Gasteiger charge is -1.95. The van der Waals surface area contributed by atoms with E-state index in [0.717, 1.165) is 12.0 Å². The Hall–Kier alpha value is -0.980. The van der Waals surface area contributed by atoms with E-state index >= 15 is 0 Å². The van der Waals surface area contributed by atoms with E-state index in [4.69, 9.17) is 4.74 Å². The Kier molecular flexibility index (Phi) is 4.38. The molecule has 0 radical (unpaired) electrons. The molecule has 56 valence electrons. The van der Waals surface area contributed by atoms with E-state index < -0.39 is 0 Å². The Balaban J connectivity index is 3.75. The standard InChI is InChI=1S/C9H14O/c1-5-8(2)6-7-9(3)10-4/h6-7H,2-3,5H2,1,4H3/b7-6+. The summed E-state index contributed by atoms with van der Waals surface area (Å²) in [4.78, 5) is 0. The summed E-state index contributed by atoms with van der Waals surface area (Å²) in [6.07, 6.45) is 4.69. The van der Waals surface area contributed by atoms with Crippen LogP contribution in [0.1, 0.15) is 13.3 Å². The Bertz CT molecular complexity index is 136. The smallest absolute Gasteiger partial charge is 0.111 e. The predicted molar refractivity (Wildman–Crippen MR) is 44.7 cm³/mol. The van der Waals surface area contributed by atoms with Gasteiger partial charge in [-0.1, -0.05) is 31.7 Å². The molecule has 1 heteroatoms. The van der Waals surface area contributed by atoms with Crippen molar-refractivity contribution in [1.29, 1.82) is 0 Å². The van der Waals surface area contributed by atoms with Crippen molar-refractivity contribution in [3.05, 3.63) is 36.6 Å². The first-order valence-corrected chi connectivity index (χ1v) is 3.29. The van der Waals surface area contributed by atoms with Crippen molar-refractivity contribution in [3.63, 3.8) is 0 Å². The van der Waals surface area contributed by atoms with Gasteiger partial charge in [-0.25, -0.2) is 0 Å². The summed E-state index contributed by atoms with van der Waals surface area (Å²) in [5, 5.41) is 0. The molecule has 0 heterocycles. The monoisotopic (exact) mass is 138 g/mol. The van der Waals surface area contributed by atoms with Gasteiger partial charge in [0, 0.05) is 0 Å². The average molecular weight is 138 g/mol. The van der Waals surface area contributed by atoms with Crippen LogP contribution in [0.15, 0.2) is 36.6 Å². The Morgan fingerprint density at radius 1 is 1.40 bits per heavy atom. The van der Waals surface area contributed by atoms with Gasteiger partial charge in [0.2, 0.25) is 0 Å². The van der Waals surface area contributed by atoms with Crippen molar-refractivity contribution in [2.45, 2.75) is 13.3 Å². The minimum atomic E-state index is 0.662. The predicted octanol–water partition coefficient (Wildman–Crippen LogP) is 2.67. The number of methoxy groups -OCH3 is 1. The molecule has 0 saturated carbocycles. The third kappa shape index (κ3) is 3.96. The van der Waals surface area contributed by atoms with Gasteiger partial charge < -0.3 is 4.74 Å². The molecule has 0 atom stereocenters. The molecular formula is C9H14O. The van der Waals surface area contributed by atoms with E-state index in [1.807, 2.05) is 12.2 Å². The van der Waals surface area contributed by atoms with Crippen LogP contribution in [-0.2, 0) is 4.74 Å². The largest absolute Gasteiger partial charge is 0.497 e. The fourth-order valence-corrected chi connectivity index (χ4v) is 0.397. The zero-order valence-electron chi connectivity index (χ0n) is 6.68. The van der Waals surface area contributed by atoms with Crippen LogP contribution in [0.25, 0.3) is 0 Å². The third-order valence-electron chi connectivity index (χ3n) is 1.22. The third-order valence-corrected chi connectivity index (χ3v) is 1.22. The first-order chi connectivity index (χ1) is 4.70. The van der Waals surface area contributed by atoms with Crippen molar-refractivity contribution in [2.24, 2.45) is 0 Å². The van der Waals surface area contributed by atoms with Gasteiger partial charge in [0.15, 0.2) is 0 Å². The van der Waals surface area contributed by atoms with Crippen LogP contribution < -0.4 is 0 Å². The molecule has 0 rings (SSSR count). The minimum Gasteiger partial charge on any atom is -0.497 e. The molecule has 1 nitrogen and oxygen atoms in total. The quantitative estimate of drug-likeness (QED) is 0.428. The molecule has 0 aliphatic heterocycles. The summed E-state index contributed by atoms with van der Waals surface area (Å²) in [6, 6.07) is 0. The summed E-state index contributed by atoms with van der Waals surface area (Å²) < 4.78 is 4.82. The molecule has 0 aliphatic rings. The minimum absolute atomic E-state index is 0.662. The van der Waals surface area contributed by atoms with Crippen molar-refractivity contribution in [2.75, 3.05) is 7.11 Å². The van der Waals surface area contributed by atoms with E-state index in [0.29, 0.717) is 5.76 Å². The van der Waals surface area contributed by atoms with Crippen molar-refractivity contribution in [3.8, 4) is 0 Å². The van der Waals surface area contributed by atoms with E-state index in [1.165, 1.54) is 0 Å². The van der Waals surface area contributed by atoms with Gasteiger partial charge in [0.05, 0.1) is 7.11 Å². The molecule has 0 fully saturated rings. The van der Waals surface area contributed by atoms with E-state index in [9.17, 15) is 0 Å². The number of rotatable bonds is 4. The van der Waals surface area contributed by atoms with Crippen LogP contribution in [0.4, 0.5) is 0 Å². The first kappa shape index (κ1) is 9.02. The van der Waals surface area contributed by atoms with Crippen LogP contribution in [0, 0.1) is 0 Å². The van der Waals surface area contributed by atoms with Gasteiger partial charge in [-0.2, -0.15) is 0 Å². The zero-order valence-corrected chi connectivity index (χ0v) is 6.68. The van der Waals surface area contributed by atoms with Gasteiger partial charge in [0.25, 0.3) is 0 Å². The number of allylic oxidation sites excluding steroid dienone is 3. The molecule has 0 saturated heterocycles. The highest BCUT2D eigenvalue weighted by molar-refractivity contribution is 5.20. The summed E-state index contributed by atoms with van der Waals surface area (Å²) in [5.41, 5.74) is 1.08. The van der Waals surface area contributed by atoms with Gasteiger partial charge >= 0.3 is 0 Å². The second-order valence-electron chi connectivity index (χ2n) is 2.02. The molecule has 0 aromatic heterocycles. The number of ether oxygens (including phenoxy) is 1. The topological polar surface area (TPSA) is 9.23 Å². The van der Waals surface area contributed by atoms with E-state index in [-0.39, 0.29) is 0 Å². The molecule has 0 unspecified atom stereocenters. The van der Waals surface area contributed by atoms with Crippen molar-refractivity contribution in [1.82, 2.24) is 0 Å². The molecule has 0 aliphatic carbocycles. The molecular weight excluding hydrogens is 124 g/mol. The fourth-order valence-electron chi connectivity index (χ4n) is 0.397. The van der Waals surface area contributed by atoms with Crippen LogP contribution in [0.2, 0.25) is 0 Å². The van der Waals surface area contributed by atoms with Gasteiger partial charge in [-0.3, -0.25) is 0 Å². The Labute approximate surface area is 62.7 Å². The van der Waals surface area contributed by atoms with Crippen molar-refractivity contribution < 1.29 is 4.74 Å². The second-order valence-corrected chi connectivity index (χ2v) is 2.02. The lowest BCUT2D eigenvalue weighted by Crippen LogP contribution is -1.77. The van der Waals surface area contributed by atoms with Crippen LogP contribution in [0.5, 0.6) is 0 Å². The maximum absolute atomic E-state index is 4.82. The fraction of sp³-hybridized carbons (Fsp3) is 0.333. The van der Waals surface area contributed by atoms with Gasteiger partial charge in [0.1, 0.15) is 5.76 Å². The molecule has 0 N–H and O–H groups in total.